The summed E-state index contributed by atoms with van der Waals surface area (Å²) in [7, 11) is 1.74. The first-order chi connectivity index (χ1) is 11.0. The van der Waals surface area contributed by atoms with E-state index < -0.39 is 5.54 Å². The first-order valence-corrected chi connectivity index (χ1v) is 9.04. The van der Waals surface area contributed by atoms with Gasteiger partial charge in [-0.3, -0.25) is 4.79 Å². The van der Waals surface area contributed by atoms with Gasteiger partial charge < -0.3 is 4.90 Å². The summed E-state index contributed by atoms with van der Waals surface area (Å²) in [5.41, 5.74) is -0.639. The molecule has 1 aromatic heterocycles. The third kappa shape index (κ3) is 4.22. The van der Waals surface area contributed by atoms with Crippen LogP contribution < -0.4 is 0 Å². The quantitative estimate of drug-likeness (QED) is 0.739. The van der Waals surface area contributed by atoms with Crippen molar-refractivity contribution in [3.63, 3.8) is 0 Å². The summed E-state index contributed by atoms with van der Waals surface area (Å²) in [4.78, 5) is 14.1. The second-order valence-electron chi connectivity index (χ2n) is 6.48. The molecule has 1 heterocycles. The fourth-order valence-electron chi connectivity index (χ4n) is 2.88. The van der Waals surface area contributed by atoms with E-state index in [-0.39, 0.29) is 11.7 Å². The third-order valence-corrected chi connectivity index (χ3v) is 5.21. The average Bonchev–Trinajstić information content (AvgIpc) is 2.98. The summed E-state index contributed by atoms with van der Waals surface area (Å²) < 4.78 is 1.73. The van der Waals surface area contributed by atoms with Crippen LogP contribution in [-0.2, 0) is 11.3 Å². The van der Waals surface area contributed by atoms with Crippen LogP contribution in [-0.4, -0.2) is 49.4 Å². The van der Waals surface area contributed by atoms with Crippen LogP contribution in [0.1, 0.15) is 46.0 Å². The lowest BCUT2D eigenvalue weighted by atomic mass is 9.81. The Balaban J connectivity index is 1.96. The Morgan fingerprint density at radius 3 is 2.74 bits per heavy atom. The zero-order chi connectivity index (χ0) is 16.9. The highest BCUT2D eigenvalue weighted by Crippen LogP contribution is 2.33. The first-order valence-electron chi connectivity index (χ1n) is 8.05. The van der Waals surface area contributed by atoms with Crippen molar-refractivity contribution < 1.29 is 4.79 Å². The largest absolute Gasteiger partial charge is 0.326 e. The molecule has 7 nitrogen and oxygen atoms in total. The molecule has 23 heavy (non-hydrogen) atoms. The highest BCUT2D eigenvalue weighted by molar-refractivity contribution is 7.99. The van der Waals surface area contributed by atoms with Crippen molar-refractivity contribution in [3.05, 3.63) is 0 Å². The summed E-state index contributed by atoms with van der Waals surface area (Å²) >= 11 is 1.33. The minimum Gasteiger partial charge on any atom is -0.326 e. The molecule has 0 unspecified atom stereocenters. The van der Waals surface area contributed by atoms with Gasteiger partial charge in [0.2, 0.25) is 11.1 Å². The van der Waals surface area contributed by atoms with Crippen molar-refractivity contribution in [2.45, 2.75) is 63.2 Å². The first kappa shape index (κ1) is 17.7. The number of rotatable bonds is 6. The highest BCUT2D eigenvalue weighted by Gasteiger charge is 2.38. The van der Waals surface area contributed by atoms with Gasteiger partial charge in [0, 0.05) is 13.6 Å². The Kier molecular flexibility index (Phi) is 5.99. The molecule has 0 bridgehead atoms. The number of nitriles is 1. The van der Waals surface area contributed by atoms with Crippen LogP contribution in [0.15, 0.2) is 5.16 Å². The predicted molar refractivity (Wildman–Crippen MR) is 87.6 cm³/mol. The van der Waals surface area contributed by atoms with Crippen LogP contribution >= 0.6 is 11.8 Å². The van der Waals surface area contributed by atoms with Crippen LogP contribution in [0.2, 0.25) is 0 Å². The molecule has 0 aromatic carbocycles. The molecule has 0 N–H and O–H groups in total. The number of hydrogen-bond acceptors (Lipinski definition) is 6. The molecule has 1 amide bonds. The van der Waals surface area contributed by atoms with E-state index >= 15 is 0 Å². The van der Waals surface area contributed by atoms with Crippen LogP contribution in [0.3, 0.4) is 0 Å². The van der Waals surface area contributed by atoms with Gasteiger partial charge in [-0.15, -0.1) is 5.10 Å². The standard InChI is InChI=1S/C15H24N6OS/c1-12(2)9-21-14(17-18-19-21)23-10-13(22)20(3)15(11-16)7-5-4-6-8-15/h12H,4-10H2,1-3H3. The number of aromatic nitrogens is 4. The van der Waals surface area contributed by atoms with E-state index in [9.17, 15) is 10.1 Å². The molecule has 1 aliphatic rings. The third-order valence-electron chi connectivity index (χ3n) is 4.27. The molecule has 0 spiro atoms. The zero-order valence-corrected chi connectivity index (χ0v) is 14.8. The maximum atomic E-state index is 12.5. The Morgan fingerprint density at radius 1 is 1.43 bits per heavy atom. The van der Waals surface area contributed by atoms with Crippen molar-refractivity contribution in [2.24, 2.45) is 5.92 Å². The lowest BCUT2D eigenvalue weighted by molar-refractivity contribution is -0.131. The van der Waals surface area contributed by atoms with Crippen LogP contribution in [0.25, 0.3) is 0 Å². The molecule has 0 radical (unpaired) electrons. The number of carbonyl (C=O) groups is 1. The topological polar surface area (TPSA) is 87.7 Å². The number of hydrogen-bond donors (Lipinski definition) is 0. The maximum absolute atomic E-state index is 12.5. The summed E-state index contributed by atoms with van der Waals surface area (Å²) in [6, 6.07) is 2.38. The number of amides is 1. The fourth-order valence-corrected chi connectivity index (χ4v) is 3.68. The summed E-state index contributed by atoms with van der Waals surface area (Å²) in [5, 5.41) is 21.8. The lowest BCUT2D eigenvalue weighted by Crippen LogP contribution is -2.50. The molecule has 0 saturated heterocycles. The minimum absolute atomic E-state index is 0.0439. The molecule has 8 heteroatoms. The number of thioether (sulfide) groups is 1. The van der Waals surface area contributed by atoms with Gasteiger partial charge in [0.25, 0.3) is 0 Å². The van der Waals surface area contributed by atoms with Gasteiger partial charge in [0.05, 0.1) is 11.8 Å². The smallest absolute Gasteiger partial charge is 0.234 e. The Labute approximate surface area is 141 Å². The monoisotopic (exact) mass is 336 g/mol. The maximum Gasteiger partial charge on any atom is 0.234 e. The molecule has 1 saturated carbocycles. The summed E-state index contributed by atoms with van der Waals surface area (Å²) in [6.07, 6.45) is 4.68. The van der Waals surface area contributed by atoms with Crippen molar-refractivity contribution >= 4 is 17.7 Å². The van der Waals surface area contributed by atoms with Gasteiger partial charge >= 0.3 is 0 Å². The van der Waals surface area contributed by atoms with Gasteiger partial charge in [-0.1, -0.05) is 44.9 Å². The van der Waals surface area contributed by atoms with E-state index in [1.165, 1.54) is 11.8 Å². The predicted octanol–water partition coefficient (Wildman–Crippen LogP) is 2.11. The number of nitrogens with zero attached hydrogens (tertiary/aromatic N) is 6. The van der Waals surface area contributed by atoms with Crippen molar-refractivity contribution in [1.82, 2.24) is 25.1 Å². The second-order valence-corrected chi connectivity index (χ2v) is 7.43. The van der Waals surface area contributed by atoms with E-state index in [0.717, 1.165) is 38.6 Å². The van der Waals surface area contributed by atoms with Crippen LogP contribution in [0.5, 0.6) is 0 Å². The molecular formula is C15H24N6OS. The fraction of sp³-hybridized carbons (Fsp3) is 0.800. The van der Waals surface area contributed by atoms with E-state index in [2.05, 4.69) is 35.4 Å². The van der Waals surface area contributed by atoms with Crippen LogP contribution in [0, 0.1) is 17.2 Å². The van der Waals surface area contributed by atoms with Crippen molar-refractivity contribution in [2.75, 3.05) is 12.8 Å². The second kappa shape index (κ2) is 7.77. The molecule has 0 atom stereocenters. The highest BCUT2D eigenvalue weighted by atomic mass is 32.2. The Morgan fingerprint density at radius 2 is 2.13 bits per heavy atom. The average molecular weight is 336 g/mol. The van der Waals surface area contributed by atoms with Gasteiger partial charge in [0.15, 0.2) is 0 Å². The SMILES string of the molecule is CC(C)Cn1nnnc1SCC(=O)N(C)C1(C#N)CCCCC1. The molecule has 0 aliphatic heterocycles. The molecule has 1 aliphatic carbocycles. The minimum atomic E-state index is -0.639. The van der Waals surface area contributed by atoms with E-state index in [0.29, 0.717) is 11.1 Å². The molecule has 1 aromatic rings. The van der Waals surface area contributed by atoms with Gasteiger partial charge in [-0.25, -0.2) is 4.68 Å². The van der Waals surface area contributed by atoms with Gasteiger partial charge in [-0.2, -0.15) is 5.26 Å². The van der Waals surface area contributed by atoms with Crippen molar-refractivity contribution in [1.29, 1.82) is 5.26 Å². The number of carbonyl (C=O) groups excluding carboxylic acids is 1. The Bertz CT molecular complexity index is 573. The lowest BCUT2D eigenvalue weighted by Gasteiger charge is -2.39. The van der Waals surface area contributed by atoms with E-state index in [1.807, 2.05) is 0 Å². The van der Waals surface area contributed by atoms with Crippen LogP contribution in [0.4, 0.5) is 0 Å². The molecule has 2 rings (SSSR count). The Hall–Kier alpha value is -1.62. The van der Waals surface area contributed by atoms with Crippen molar-refractivity contribution in [3.8, 4) is 6.07 Å². The van der Waals surface area contributed by atoms with E-state index in [4.69, 9.17) is 0 Å². The molecule has 1 fully saturated rings. The van der Waals surface area contributed by atoms with Gasteiger partial charge in [0.1, 0.15) is 5.54 Å². The zero-order valence-electron chi connectivity index (χ0n) is 14.0. The van der Waals surface area contributed by atoms with E-state index in [1.54, 1.807) is 16.6 Å². The summed E-state index contributed by atoms with van der Waals surface area (Å²) in [5.74, 6) is 0.635. The normalized spacial score (nSPS) is 17.0. The number of tetrazole rings is 1. The van der Waals surface area contributed by atoms with Gasteiger partial charge in [-0.05, 0) is 29.2 Å². The summed E-state index contributed by atoms with van der Waals surface area (Å²) in [6.45, 7) is 4.91. The molecular weight excluding hydrogens is 312 g/mol. The molecule has 126 valence electrons.